The predicted octanol–water partition coefficient (Wildman–Crippen LogP) is 2.53. The maximum atomic E-state index is 6.13. The molecule has 2 rings (SSSR count). The summed E-state index contributed by atoms with van der Waals surface area (Å²) in [7, 11) is 0. The van der Waals surface area contributed by atoms with Crippen molar-refractivity contribution in [1.29, 1.82) is 0 Å². The van der Waals surface area contributed by atoms with Crippen molar-refractivity contribution >= 4 is 11.6 Å². The van der Waals surface area contributed by atoms with Crippen molar-refractivity contribution < 1.29 is 4.74 Å². The minimum absolute atomic E-state index is 0.150. The van der Waals surface area contributed by atoms with Crippen LogP contribution in [-0.4, -0.2) is 37.2 Å². The van der Waals surface area contributed by atoms with E-state index in [1.165, 1.54) is 5.56 Å². The molecule has 18 heavy (non-hydrogen) atoms. The Bertz CT molecular complexity index is 389. The predicted molar refractivity (Wildman–Crippen MR) is 75.4 cm³/mol. The Hall–Kier alpha value is -0.770. The Labute approximate surface area is 114 Å². The highest BCUT2D eigenvalue weighted by atomic mass is 35.5. The van der Waals surface area contributed by atoms with Gasteiger partial charge in [-0.2, -0.15) is 0 Å². The molecule has 1 aromatic rings. The van der Waals surface area contributed by atoms with Crippen LogP contribution in [0.25, 0.3) is 0 Å². The zero-order valence-corrected chi connectivity index (χ0v) is 11.8. The lowest BCUT2D eigenvalue weighted by molar-refractivity contribution is 0.229. The van der Waals surface area contributed by atoms with E-state index in [0.717, 1.165) is 38.5 Å². The summed E-state index contributed by atoms with van der Waals surface area (Å²) in [5, 5.41) is 4.05. The van der Waals surface area contributed by atoms with E-state index in [-0.39, 0.29) is 6.10 Å². The van der Waals surface area contributed by atoms with Crippen molar-refractivity contribution in [2.75, 3.05) is 26.2 Å². The van der Waals surface area contributed by atoms with Crippen LogP contribution >= 0.6 is 11.6 Å². The van der Waals surface area contributed by atoms with Gasteiger partial charge in [0.25, 0.3) is 0 Å². The number of benzene rings is 1. The minimum Gasteiger partial charge on any atom is -0.489 e. The minimum atomic E-state index is 0.150. The molecule has 1 saturated heterocycles. The molecule has 0 saturated carbocycles. The topological polar surface area (TPSA) is 24.5 Å². The molecule has 3 nitrogen and oxygen atoms in total. The third-order valence-corrected chi connectivity index (χ3v) is 3.29. The first-order valence-corrected chi connectivity index (χ1v) is 6.91. The third-order valence-electron chi connectivity index (χ3n) is 2.97. The summed E-state index contributed by atoms with van der Waals surface area (Å²) in [6.45, 7) is 9.34. The first-order valence-electron chi connectivity index (χ1n) is 6.53. The van der Waals surface area contributed by atoms with Gasteiger partial charge in [0.1, 0.15) is 5.75 Å². The maximum Gasteiger partial charge on any atom is 0.138 e. The van der Waals surface area contributed by atoms with Gasteiger partial charge >= 0.3 is 0 Å². The molecule has 0 amide bonds. The van der Waals surface area contributed by atoms with Crippen LogP contribution in [0.4, 0.5) is 0 Å². The van der Waals surface area contributed by atoms with Gasteiger partial charge in [0.05, 0.1) is 11.1 Å². The van der Waals surface area contributed by atoms with Crippen LogP contribution in [0.1, 0.15) is 19.4 Å². The lowest BCUT2D eigenvalue weighted by Crippen LogP contribution is -2.42. The molecule has 1 aromatic carbocycles. The van der Waals surface area contributed by atoms with Gasteiger partial charge in [0.15, 0.2) is 0 Å². The molecule has 0 aliphatic carbocycles. The van der Waals surface area contributed by atoms with E-state index in [4.69, 9.17) is 16.3 Å². The molecule has 100 valence electrons. The highest BCUT2D eigenvalue weighted by Crippen LogP contribution is 2.27. The lowest BCUT2D eigenvalue weighted by Gasteiger charge is -2.27. The largest absolute Gasteiger partial charge is 0.489 e. The van der Waals surface area contributed by atoms with E-state index in [1.807, 2.05) is 19.9 Å². The summed E-state index contributed by atoms with van der Waals surface area (Å²) in [5.41, 5.74) is 1.26. The van der Waals surface area contributed by atoms with E-state index in [9.17, 15) is 0 Å². The van der Waals surface area contributed by atoms with E-state index >= 15 is 0 Å². The molecule has 0 bridgehead atoms. The average Bonchev–Trinajstić information content (AvgIpc) is 2.34. The molecule has 1 fully saturated rings. The molecule has 1 aliphatic heterocycles. The summed E-state index contributed by atoms with van der Waals surface area (Å²) in [5.74, 6) is 0.791. The number of hydrogen-bond donors (Lipinski definition) is 1. The second-order valence-corrected chi connectivity index (χ2v) is 5.36. The van der Waals surface area contributed by atoms with Gasteiger partial charge in [0.2, 0.25) is 0 Å². The highest BCUT2D eigenvalue weighted by molar-refractivity contribution is 6.32. The number of nitrogens with zero attached hydrogens (tertiary/aromatic N) is 1. The molecule has 0 aromatic heterocycles. The van der Waals surface area contributed by atoms with Gasteiger partial charge < -0.3 is 10.1 Å². The number of piperazine rings is 1. The first kappa shape index (κ1) is 13.7. The molecular weight excluding hydrogens is 248 g/mol. The van der Waals surface area contributed by atoms with E-state index in [1.54, 1.807) is 0 Å². The number of ether oxygens (including phenoxy) is 1. The molecular formula is C14H21ClN2O. The van der Waals surface area contributed by atoms with Gasteiger partial charge in [-0.1, -0.05) is 17.7 Å². The quantitative estimate of drug-likeness (QED) is 0.908. The normalized spacial score (nSPS) is 17.1. The highest BCUT2D eigenvalue weighted by Gasteiger charge is 2.11. The Morgan fingerprint density at radius 2 is 2.06 bits per heavy atom. The summed E-state index contributed by atoms with van der Waals surface area (Å²) in [6.07, 6.45) is 0.150. The van der Waals surface area contributed by atoms with E-state index in [0.29, 0.717) is 5.02 Å². The van der Waals surface area contributed by atoms with Crippen LogP contribution in [0.15, 0.2) is 18.2 Å². The van der Waals surface area contributed by atoms with E-state index < -0.39 is 0 Å². The van der Waals surface area contributed by atoms with Gasteiger partial charge in [-0.3, -0.25) is 4.90 Å². The van der Waals surface area contributed by atoms with Crippen molar-refractivity contribution in [2.24, 2.45) is 0 Å². The van der Waals surface area contributed by atoms with Crippen LogP contribution in [0, 0.1) is 0 Å². The zero-order chi connectivity index (χ0) is 13.0. The summed E-state index contributed by atoms with van der Waals surface area (Å²) >= 11 is 6.13. The first-order chi connectivity index (χ1) is 8.65. The Balaban J connectivity index is 2.03. The number of nitrogens with one attached hydrogen (secondary N) is 1. The SMILES string of the molecule is CC(C)Oc1cc(CN2CCNCC2)ccc1Cl. The Morgan fingerprint density at radius 3 is 2.72 bits per heavy atom. The van der Waals surface area contributed by atoms with Crippen LogP contribution in [0.5, 0.6) is 5.75 Å². The Morgan fingerprint density at radius 1 is 1.33 bits per heavy atom. The van der Waals surface area contributed by atoms with Gasteiger partial charge in [-0.15, -0.1) is 0 Å². The standard InChI is InChI=1S/C14H21ClN2O/c1-11(2)18-14-9-12(3-4-13(14)15)10-17-7-5-16-6-8-17/h3-4,9,11,16H,5-8,10H2,1-2H3. The molecule has 0 atom stereocenters. The second-order valence-electron chi connectivity index (χ2n) is 4.96. The molecule has 1 heterocycles. The van der Waals surface area contributed by atoms with Crippen molar-refractivity contribution in [1.82, 2.24) is 10.2 Å². The molecule has 1 N–H and O–H groups in total. The second kappa shape index (κ2) is 6.41. The van der Waals surface area contributed by atoms with Gasteiger partial charge in [-0.05, 0) is 31.5 Å². The Kier molecular flexibility index (Phi) is 4.87. The molecule has 1 aliphatic rings. The van der Waals surface area contributed by atoms with Crippen LogP contribution in [0.2, 0.25) is 5.02 Å². The fraction of sp³-hybridized carbons (Fsp3) is 0.571. The average molecular weight is 269 g/mol. The number of halogens is 1. The monoisotopic (exact) mass is 268 g/mol. The molecule has 4 heteroatoms. The van der Waals surface area contributed by atoms with E-state index in [2.05, 4.69) is 22.3 Å². The lowest BCUT2D eigenvalue weighted by atomic mass is 10.2. The summed E-state index contributed by atoms with van der Waals surface area (Å²) in [4.78, 5) is 2.44. The van der Waals surface area contributed by atoms with Crippen molar-refractivity contribution in [2.45, 2.75) is 26.5 Å². The fourth-order valence-electron chi connectivity index (χ4n) is 2.12. The van der Waals surface area contributed by atoms with Crippen molar-refractivity contribution in [3.63, 3.8) is 0 Å². The smallest absolute Gasteiger partial charge is 0.138 e. The molecule has 0 unspecified atom stereocenters. The zero-order valence-electron chi connectivity index (χ0n) is 11.1. The number of hydrogen-bond acceptors (Lipinski definition) is 3. The van der Waals surface area contributed by atoms with Crippen LogP contribution in [0.3, 0.4) is 0 Å². The van der Waals surface area contributed by atoms with Gasteiger partial charge in [0, 0.05) is 32.7 Å². The van der Waals surface area contributed by atoms with Crippen LogP contribution < -0.4 is 10.1 Å². The third kappa shape index (κ3) is 3.87. The molecule has 0 radical (unpaired) electrons. The van der Waals surface area contributed by atoms with Crippen molar-refractivity contribution in [3.05, 3.63) is 28.8 Å². The fourth-order valence-corrected chi connectivity index (χ4v) is 2.28. The van der Waals surface area contributed by atoms with Crippen molar-refractivity contribution in [3.8, 4) is 5.75 Å². The summed E-state index contributed by atoms with van der Waals surface area (Å²) < 4.78 is 5.71. The summed E-state index contributed by atoms with van der Waals surface area (Å²) in [6, 6.07) is 6.07. The van der Waals surface area contributed by atoms with Gasteiger partial charge in [-0.25, -0.2) is 0 Å². The number of rotatable bonds is 4. The van der Waals surface area contributed by atoms with Crippen LogP contribution in [-0.2, 0) is 6.54 Å². The maximum absolute atomic E-state index is 6.13. The molecule has 0 spiro atoms.